The molecule has 1 saturated carbocycles. The van der Waals surface area contributed by atoms with Crippen LogP contribution in [0.15, 0.2) is 53.4 Å². The van der Waals surface area contributed by atoms with Gasteiger partial charge in [0.2, 0.25) is 11.8 Å². The first kappa shape index (κ1) is 33.7. The highest BCUT2D eigenvalue weighted by atomic mass is 32.2. The molecule has 4 bridgehead atoms. The number of amides is 3. The zero-order valence-electron chi connectivity index (χ0n) is 28.7. The number of ether oxygens (including phenoxy) is 1. The molecule has 1 atom stereocenters. The maximum absolute atomic E-state index is 14.5. The third-order valence-corrected chi connectivity index (χ3v) is 11.4. The fourth-order valence-corrected chi connectivity index (χ4v) is 8.62. The number of anilines is 1. The summed E-state index contributed by atoms with van der Waals surface area (Å²) in [5, 5.41) is 0. The summed E-state index contributed by atoms with van der Waals surface area (Å²) in [4.78, 5) is 41.6. The van der Waals surface area contributed by atoms with E-state index in [4.69, 9.17) is 4.74 Å². The summed E-state index contributed by atoms with van der Waals surface area (Å²) in [7, 11) is -0.592. The second kappa shape index (κ2) is 13.0. The predicted octanol–water partition coefficient (Wildman–Crippen LogP) is 5.74. The Labute approximate surface area is 283 Å². The van der Waals surface area contributed by atoms with Gasteiger partial charge in [0.05, 0.1) is 16.6 Å². The van der Waals surface area contributed by atoms with Gasteiger partial charge in [-0.2, -0.15) is 4.98 Å². The first-order chi connectivity index (χ1) is 22.7. The Balaban J connectivity index is 1.37. The lowest BCUT2D eigenvalue weighted by Gasteiger charge is -2.56. The summed E-state index contributed by atoms with van der Waals surface area (Å²) in [5.74, 6) is 0.182. The lowest BCUT2D eigenvalue weighted by atomic mass is 9.59. The van der Waals surface area contributed by atoms with Crippen LogP contribution in [0.2, 0.25) is 0 Å². The van der Waals surface area contributed by atoms with Crippen LogP contribution >= 0.6 is 0 Å². The van der Waals surface area contributed by atoms with Crippen molar-refractivity contribution < 1.29 is 22.7 Å². The number of carbonyl (C=O) groups is 2. The molecule has 3 aliphatic rings. The third kappa shape index (κ3) is 6.72. The minimum atomic E-state index is -4.14. The van der Waals surface area contributed by atoms with Crippen LogP contribution in [0.1, 0.15) is 67.4 Å². The molecule has 3 heterocycles. The van der Waals surface area contributed by atoms with Gasteiger partial charge in [0.25, 0.3) is 15.9 Å². The molecule has 2 aliphatic heterocycles. The van der Waals surface area contributed by atoms with Crippen LogP contribution in [0.5, 0.6) is 5.88 Å². The monoisotopic (exact) mass is 674 g/mol. The summed E-state index contributed by atoms with van der Waals surface area (Å²) in [6.45, 7) is 9.81. The standard InChI is InChI=1S/C36H46N6O5S/c1-23(2)17-27-22-47-31-19-30(32-24(3)9-7-10-25(32)4)37-34(38-31)39-48(45,46)29-12-8-11-26(18-29)33(43)42(27)28-20-36(21-28)13-15-41(16-14-36)35(44)40(5)6/h7-12,18-19,23,27-28H,13-17,20-22H2,1-6H3,(H,37,38,39)/t27-/m1/s1. The van der Waals surface area contributed by atoms with Gasteiger partial charge in [-0.25, -0.2) is 22.9 Å². The van der Waals surface area contributed by atoms with Gasteiger partial charge in [0.15, 0.2) is 0 Å². The van der Waals surface area contributed by atoms with Crippen LogP contribution in [0.25, 0.3) is 11.3 Å². The summed E-state index contributed by atoms with van der Waals surface area (Å²) in [6.07, 6.45) is 4.12. The number of urea groups is 1. The fourth-order valence-electron chi connectivity index (χ4n) is 7.63. The van der Waals surface area contributed by atoms with E-state index in [0.29, 0.717) is 30.8 Å². The van der Waals surface area contributed by atoms with Gasteiger partial charge >= 0.3 is 6.03 Å². The number of aromatic nitrogens is 2. The molecule has 2 fully saturated rings. The van der Waals surface area contributed by atoms with Crippen LogP contribution < -0.4 is 9.46 Å². The van der Waals surface area contributed by atoms with Crippen LogP contribution in [0.4, 0.5) is 10.7 Å². The fraction of sp³-hybridized carbons (Fsp3) is 0.500. The molecule has 1 aliphatic carbocycles. The Morgan fingerprint density at radius 1 is 1.04 bits per heavy atom. The van der Waals surface area contributed by atoms with Gasteiger partial charge in [-0.3, -0.25) is 4.79 Å². The Kier molecular flexibility index (Phi) is 9.14. The number of sulfonamides is 1. The van der Waals surface area contributed by atoms with E-state index in [2.05, 4.69) is 28.5 Å². The normalized spacial score (nSPS) is 20.6. The van der Waals surface area contributed by atoms with Crippen molar-refractivity contribution >= 4 is 27.9 Å². The maximum atomic E-state index is 14.5. The molecular formula is C36H46N6O5S. The number of piperidine rings is 1. The Morgan fingerprint density at radius 2 is 1.71 bits per heavy atom. The van der Waals surface area contributed by atoms with E-state index in [9.17, 15) is 18.0 Å². The molecule has 256 valence electrons. The van der Waals surface area contributed by atoms with E-state index in [-0.39, 0.29) is 58.7 Å². The van der Waals surface area contributed by atoms with E-state index < -0.39 is 10.0 Å². The van der Waals surface area contributed by atoms with E-state index in [1.54, 1.807) is 37.2 Å². The van der Waals surface area contributed by atoms with Crippen molar-refractivity contribution in [3.05, 3.63) is 65.2 Å². The lowest BCUT2D eigenvalue weighted by molar-refractivity contribution is -0.0485. The van der Waals surface area contributed by atoms with Crippen molar-refractivity contribution in [3.63, 3.8) is 0 Å². The van der Waals surface area contributed by atoms with Gasteiger partial charge in [0, 0.05) is 50.4 Å². The first-order valence-electron chi connectivity index (χ1n) is 16.8. The Hall–Kier alpha value is -4.19. The number of rotatable bonds is 4. The number of fused-ring (bicyclic) bond motifs is 4. The molecule has 11 nitrogen and oxygen atoms in total. The third-order valence-electron chi connectivity index (χ3n) is 10.1. The van der Waals surface area contributed by atoms with Gasteiger partial charge in [-0.1, -0.05) is 38.1 Å². The van der Waals surface area contributed by atoms with E-state index in [1.807, 2.05) is 41.8 Å². The molecule has 1 N–H and O–H groups in total. The van der Waals surface area contributed by atoms with Crippen molar-refractivity contribution in [1.82, 2.24) is 24.7 Å². The van der Waals surface area contributed by atoms with Crippen molar-refractivity contribution in [2.24, 2.45) is 11.3 Å². The molecule has 3 aromatic rings. The smallest absolute Gasteiger partial charge is 0.319 e. The molecule has 0 radical (unpaired) electrons. The van der Waals surface area contributed by atoms with Crippen molar-refractivity contribution in [1.29, 1.82) is 0 Å². The number of nitrogens with one attached hydrogen (secondary N) is 1. The molecule has 48 heavy (non-hydrogen) atoms. The summed E-state index contributed by atoms with van der Waals surface area (Å²) in [5.41, 5.74) is 3.78. The highest BCUT2D eigenvalue weighted by Gasteiger charge is 2.51. The summed E-state index contributed by atoms with van der Waals surface area (Å²) < 4.78 is 36.3. The number of likely N-dealkylation sites (tertiary alicyclic amines) is 1. The second-order valence-corrected chi connectivity index (χ2v) is 16.0. The topological polar surface area (TPSA) is 125 Å². The largest absolute Gasteiger partial charge is 0.475 e. The SMILES string of the molecule is Cc1cccc(C)c1-c1cc2nc(n1)NS(=O)(=O)c1cccc(c1)C(=O)N(C1CC3(CCN(C(=O)N(C)C)CC3)C1)[C@H](CC(C)C)CO2. The average molecular weight is 675 g/mol. The van der Waals surface area contributed by atoms with E-state index >= 15 is 0 Å². The molecular weight excluding hydrogens is 629 g/mol. The second-order valence-electron chi connectivity index (χ2n) is 14.3. The summed E-state index contributed by atoms with van der Waals surface area (Å²) >= 11 is 0. The van der Waals surface area contributed by atoms with Crippen LogP contribution in [-0.2, 0) is 10.0 Å². The quantitative estimate of drug-likeness (QED) is 0.375. The molecule has 3 amide bonds. The molecule has 1 saturated heterocycles. The molecule has 1 aromatic heterocycles. The molecule has 1 spiro atoms. The van der Waals surface area contributed by atoms with Gasteiger partial charge in [-0.05, 0) is 86.6 Å². The average Bonchev–Trinajstić information content (AvgIpc) is 3.02. The number of carbonyl (C=O) groups excluding carboxylic acids is 2. The first-order valence-corrected chi connectivity index (χ1v) is 18.2. The van der Waals surface area contributed by atoms with Crippen LogP contribution in [-0.4, -0.2) is 90.9 Å². The molecule has 0 unspecified atom stereocenters. The number of hydrogen-bond donors (Lipinski definition) is 1. The zero-order valence-corrected chi connectivity index (χ0v) is 29.5. The van der Waals surface area contributed by atoms with Crippen molar-refractivity contribution in [2.45, 2.75) is 76.8 Å². The Morgan fingerprint density at radius 3 is 2.35 bits per heavy atom. The number of benzene rings is 2. The number of hydrogen-bond acceptors (Lipinski definition) is 7. The van der Waals surface area contributed by atoms with E-state index in [0.717, 1.165) is 42.4 Å². The van der Waals surface area contributed by atoms with Gasteiger partial charge in [0.1, 0.15) is 6.61 Å². The highest BCUT2D eigenvalue weighted by Crippen LogP contribution is 2.52. The van der Waals surface area contributed by atoms with Crippen molar-refractivity contribution in [3.8, 4) is 17.1 Å². The minimum Gasteiger partial charge on any atom is -0.475 e. The number of nitrogens with zero attached hydrogens (tertiary/aromatic N) is 5. The highest BCUT2D eigenvalue weighted by molar-refractivity contribution is 7.92. The van der Waals surface area contributed by atoms with Crippen molar-refractivity contribution in [2.75, 3.05) is 38.5 Å². The van der Waals surface area contributed by atoms with Gasteiger partial charge < -0.3 is 19.4 Å². The minimum absolute atomic E-state index is 0.0296. The molecule has 2 aromatic carbocycles. The van der Waals surface area contributed by atoms with Crippen LogP contribution in [0.3, 0.4) is 0 Å². The summed E-state index contributed by atoms with van der Waals surface area (Å²) in [6, 6.07) is 13.6. The Bertz CT molecular complexity index is 1790. The van der Waals surface area contributed by atoms with E-state index in [1.165, 1.54) is 12.1 Å². The predicted molar refractivity (Wildman–Crippen MR) is 184 cm³/mol. The van der Waals surface area contributed by atoms with Crippen LogP contribution in [0, 0.1) is 25.2 Å². The number of aryl methyl sites for hydroxylation is 2. The molecule has 12 heteroatoms. The zero-order chi connectivity index (χ0) is 34.4. The lowest BCUT2D eigenvalue weighted by Crippen LogP contribution is -2.60. The van der Waals surface area contributed by atoms with Gasteiger partial charge in [-0.15, -0.1) is 0 Å². The molecule has 6 rings (SSSR count). The maximum Gasteiger partial charge on any atom is 0.319 e.